The molecule has 0 spiro atoms. The number of carbonyl (C=O) groups excluding carboxylic acids is 1. The minimum Gasteiger partial charge on any atom is -0.370 e. The molecule has 2 bridgehead atoms. The Morgan fingerprint density at radius 2 is 1.75 bits per heavy atom. The Hall–Kier alpha value is -0.530. The molecule has 12 heavy (non-hydrogen) atoms. The van der Waals surface area contributed by atoms with Crippen molar-refractivity contribution < 1.29 is 4.79 Å². The van der Waals surface area contributed by atoms with E-state index in [-0.39, 0.29) is 5.91 Å². The van der Waals surface area contributed by atoms with E-state index in [2.05, 4.69) is 0 Å². The van der Waals surface area contributed by atoms with Crippen molar-refractivity contribution in [3.63, 3.8) is 0 Å². The van der Waals surface area contributed by atoms with E-state index in [1.54, 1.807) is 0 Å². The summed E-state index contributed by atoms with van der Waals surface area (Å²) in [4.78, 5) is 10.9. The van der Waals surface area contributed by atoms with Crippen LogP contribution in [0.2, 0.25) is 0 Å². The predicted octanol–water partition coefficient (Wildman–Crippen LogP) is 1.83. The third-order valence-electron chi connectivity index (χ3n) is 3.80. The first kappa shape index (κ1) is 8.09. The lowest BCUT2D eigenvalue weighted by Crippen LogP contribution is -2.37. The van der Waals surface area contributed by atoms with Crippen molar-refractivity contribution in [1.82, 2.24) is 0 Å². The van der Waals surface area contributed by atoms with Crippen molar-refractivity contribution in [1.29, 1.82) is 0 Å². The molecule has 2 N–H and O–H groups in total. The maximum atomic E-state index is 10.9. The third-order valence-corrected chi connectivity index (χ3v) is 3.80. The molecular weight excluding hydrogens is 150 g/mol. The largest absolute Gasteiger partial charge is 0.370 e. The molecule has 0 radical (unpaired) electrons. The molecule has 3 rings (SSSR count). The van der Waals surface area contributed by atoms with Crippen LogP contribution >= 0.6 is 0 Å². The molecule has 0 saturated heterocycles. The first-order valence-electron chi connectivity index (χ1n) is 4.99. The summed E-state index contributed by atoms with van der Waals surface area (Å²) in [6.45, 7) is 0. The van der Waals surface area contributed by atoms with E-state index in [0.717, 1.165) is 5.92 Å². The third kappa shape index (κ3) is 1.35. The summed E-state index contributed by atoms with van der Waals surface area (Å²) in [5.74, 6) is 0.870. The Morgan fingerprint density at radius 1 is 1.25 bits per heavy atom. The van der Waals surface area contributed by atoms with Gasteiger partial charge in [0.15, 0.2) is 0 Å². The minimum absolute atomic E-state index is 0.102. The van der Waals surface area contributed by atoms with E-state index in [1.807, 2.05) is 0 Å². The highest BCUT2D eigenvalue weighted by molar-refractivity contribution is 5.74. The fraction of sp³-hybridized carbons (Fsp3) is 0.900. The average molecular weight is 167 g/mol. The van der Waals surface area contributed by atoms with Crippen LogP contribution < -0.4 is 5.73 Å². The SMILES string of the molecule is NC(=O)CC12CCC(CC1)CC2. The Balaban J connectivity index is 2.03. The molecule has 0 aliphatic heterocycles. The highest BCUT2D eigenvalue weighted by Crippen LogP contribution is 2.51. The number of hydrogen-bond donors (Lipinski definition) is 1. The summed E-state index contributed by atoms with van der Waals surface area (Å²) < 4.78 is 0. The molecule has 0 aromatic heterocycles. The second-order valence-corrected chi connectivity index (χ2v) is 4.63. The number of fused-ring (bicyclic) bond motifs is 3. The molecule has 0 unspecified atom stereocenters. The van der Waals surface area contributed by atoms with Crippen molar-refractivity contribution in [3.05, 3.63) is 0 Å². The average Bonchev–Trinajstić information content (AvgIpc) is 2.05. The number of nitrogens with two attached hydrogens (primary N) is 1. The van der Waals surface area contributed by atoms with Gasteiger partial charge in [0.25, 0.3) is 0 Å². The van der Waals surface area contributed by atoms with Gasteiger partial charge in [-0.1, -0.05) is 0 Å². The molecule has 68 valence electrons. The lowest BCUT2D eigenvalue weighted by atomic mass is 9.59. The van der Waals surface area contributed by atoms with E-state index in [0.29, 0.717) is 11.8 Å². The van der Waals surface area contributed by atoms with Crippen LogP contribution in [-0.4, -0.2) is 5.91 Å². The number of rotatable bonds is 2. The minimum atomic E-state index is -0.102. The van der Waals surface area contributed by atoms with Gasteiger partial charge in [0.05, 0.1) is 0 Å². The monoisotopic (exact) mass is 167 g/mol. The lowest BCUT2D eigenvalue weighted by Gasteiger charge is -2.46. The number of primary amides is 1. The van der Waals surface area contributed by atoms with Crippen LogP contribution in [0.3, 0.4) is 0 Å². The highest BCUT2D eigenvalue weighted by Gasteiger charge is 2.40. The summed E-state index contributed by atoms with van der Waals surface area (Å²) in [6, 6.07) is 0. The van der Waals surface area contributed by atoms with Crippen LogP contribution in [0.25, 0.3) is 0 Å². The second kappa shape index (κ2) is 2.75. The lowest BCUT2D eigenvalue weighted by molar-refractivity contribution is -0.122. The topological polar surface area (TPSA) is 43.1 Å². The maximum absolute atomic E-state index is 10.9. The van der Waals surface area contributed by atoms with Crippen molar-refractivity contribution >= 4 is 5.91 Å². The number of hydrogen-bond acceptors (Lipinski definition) is 1. The fourth-order valence-electron chi connectivity index (χ4n) is 2.97. The van der Waals surface area contributed by atoms with Gasteiger partial charge in [0.1, 0.15) is 0 Å². The number of carbonyl (C=O) groups is 1. The van der Waals surface area contributed by atoms with Crippen molar-refractivity contribution in [2.45, 2.75) is 44.9 Å². The first-order valence-corrected chi connectivity index (χ1v) is 4.99. The summed E-state index contributed by atoms with van der Waals surface area (Å²) in [7, 11) is 0. The maximum Gasteiger partial charge on any atom is 0.217 e. The van der Waals surface area contributed by atoms with E-state index in [9.17, 15) is 4.79 Å². The van der Waals surface area contributed by atoms with Gasteiger partial charge in [-0.15, -0.1) is 0 Å². The summed E-state index contributed by atoms with van der Waals surface area (Å²) >= 11 is 0. The zero-order valence-electron chi connectivity index (χ0n) is 7.51. The quantitative estimate of drug-likeness (QED) is 0.670. The Labute approximate surface area is 73.5 Å². The molecule has 0 atom stereocenters. The van der Waals surface area contributed by atoms with Gasteiger partial charge in [-0.2, -0.15) is 0 Å². The Morgan fingerprint density at radius 3 is 2.17 bits per heavy atom. The van der Waals surface area contributed by atoms with Crippen LogP contribution in [0, 0.1) is 11.3 Å². The smallest absolute Gasteiger partial charge is 0.217 e. The van der Waals surface area contributed by atoms with Gasteiger partial charge < -0.3 is 5.73 Å². The van der Waals surface area contributed by atoms with Crippen LogP contribution in [0.1, 0.15) is 44.9 Å². The van der Waals surface area contributed by atoms with Crippen molar-refractivity contribution in [2.24, 2.45) is 17.1 Å². The molecule has 3 aliphatic carbocycles. The van der Waals surface area contributed by atoms with E-state index < -0.39 is 0 Å². The van der Waals surface area contributed by atoms with Gasteiger partial charge in [-0.3, -0.25) is 4.79 Å². The molecular formula is C10H17NO. The normalized spacial score (nSPS) is 39.8. The van der Waals surface area contributed by atoms with Gasteiger partial charge in [-0.25, -0.2) is 0 Å². The van der Waals surface area contributed by atoms with Crippen LogP contribution in [0.15, 0.2) is 0 Å². The van der Waals surface area contributed by atoms with Gasteiger partial charge in [0.2, 0.25) is 5.91 Å². The predicted molar refractivity (Wildman–Crippen MR) is 47.4 cm³/mol. The Bertz CT molecular complexity index is 178. The molecule has 1 amide bonds. The van der Waals surface area contributed by atoms with Gasteiger partial charge >= 0.3 is 0 Å². The molecule has 2 heteroatoms. The highest BCUT2D eigenvalue weighted by atomic mass is 16.1. The molecule has 3 saturated carbocycles. The molecule has 3 aliphatic rings. The summed E-state index contributed by atoms with van der Waals surface area (Å²) in [5.41, 5.74) is 5.60. The molecule has 0 aromatic rings. The fourth-order valence-corrected chi connectivity index (χ4v) is 2.97. The van der Waals surface area contributed by atoms with E-state index in [1.165, 1.54) is 38.5 Å². The molecule has 0 aromatic carbocycles. The van der Waals surface area contributed by atoms with E-state index in [4.69, 9.17) is 5.73 Å². The van der Waals surface area contributed by atoms with E-state index >= 15 is 0 Å². The zero-order chi connectivity index (χ0) is 8.60. The summed E-state index contributed by atoms with van der Waals surface area (Å²) in [6.07, 6.45) is 8.41. The van der Waals surface area contributed by atoms with Gasteiger partial charge in [0, 0.05) is 6.42 Å². The standard InChI is InChI=1S/C10H17NO/c11-9(12)7-10-4-1-8(2-5-10)3-6-10/h8H,1-7H2,(H2,11,12). The second-order valence-electron chi connectivity index (χ2n) is 4.63. The molecule has 3 fully saturated rings. The Kier molecular flexibility index (Phi) is 1.85. The van der Waals surface area contributed by atoms with Gasteiger partial charge in [-0.05, 0) is 49.9 Å². The molecule has 0 heterocycles. The number of amides is 1. The van der Waals surface area contributed by atoms with Crippen LogP contribution in [0.4, 0.5) is 0 Å². The van der Waals surface area contributed by atoms with Crippen LogP contribution in [0.5, 0.6) is 0 Å². The zero-order valence-corrected chi connectivity index (χ0v) is 7.51. The van der Waals surface area contributed by atoms with Crippen LogP contribution in [-0.2, 0) is 4.79 Å². The first-order chi connectivity index (χ1) is 5.70. The summed E-state index contributed by atoms with van der Waals surface area (Å²) in [5, 5.41) is 0. The van der Waals surface area contributed by atoms with Crippen molar-refractivity contribution in [3.8, 4) is 0 Å². The van der Waals surface area contributed by atoms with Crippen molar-refractivity contribution in [2.75, 3.05) is 0 Å². The molecule has 2 nitrogen and oxygen atoms in total.